The molecule has 0 bridgehead atoms. The van der Waals surface area contributed by atoms with E-state index < -0.39 is 10.0 Å². The molecule has 1 aromatic carbocycles. The lowest BCUT2D eigenvalue weighted by molar-refractivity contribution is -0.121. The molecule has 0 radical (unpaired) electrons. The standard InChI is InChI=1S/C18H29N3O3S.ClH/c1-13-9-14(2)18(15(3)10-13)25(23,24)21-8-6-17(22)20-12-16-5-4-7-19-11-16;/h9-10,16,19,21H,4-8,11-12H2,1-3H3,(H,20,22);1H. The van der Waals surface area contributed by atoms with E-state index >= 15 is 0 Å². The van der Waals surface area contributed by atoms with Crippen LogP contribution in [-0.4, -0.2) is 40.5 Å². The maximum Gasteiger partial charge on any atom is 0.241 e. The Morgan fingerprint density at radius 3 is 2.46 bits per heavy atom. The zero-order chi connectivity index (χ0) is 18.4. The van der Waals surface area contributed by atoms with E-state index in [1.807, 2.05) is 19.1 Å². The van der Waals surface area contributed by atoms with E-state index in [1.165, 1.54) is 0 Å². The second kappa shape index (κ2) is 10.3. The molecule has 0 aromatic heterocycles. The van der Waals surface area contributed by atoms with E-state index in [1.54, 1.807) is 13.8 Å². The number of hydrogen-bond donors (Lipinski definition) is 3. The van der Waals surface area contributed by atoms with Gasteiger partial charge in [-0.2, -0.15) is 0 Å². The van der Waals surface area contributed by atoms with Crippen molar-refractivity contribution in [3.05, 3.63) is 28.8 Å². The van der Waals surface area contributed by atoms with Crippen molar-refractivity contribution >= 4 is 28.3 Å². The van der Waals surface area contributed by atoms with Crippen molar-refractivity contribution in [2.24, 2.45) is 5.92 Å². The third kappa shape index (κ3) is 6.54. The van der Waals surface area contributed by atoms with Gasteiger partial charge in [-0.05, 0) is 63.7 Å². The number of carbonyl (C=O) groups excluding carboxylic acids is 1. The number of hydrogen-bond acceptors (Lipinski definition) is 4. The first-order valence-electron chi connectivity index (χ1n) is 8.84. The van der Waals surface area contributed by atoms with Crippen LogP contribution in [-0.2, 0) is 14.8 Å². The Morgan fingerprint density at radius 2 is 1.88 bits per heavy atom. The van der Waals surface area contributed by atoms with Crippen molar-refractivity contribution in [2.45, 2.75) is 44.9 Å². The lowest BCUT2D eigenvalue weighted by Crippen LogP contribution is -2.39. The van der Waals surface area contributed by atoms with Gasteiger partial charge in [0.2, 0.25) is 15.9 Å². The van der Waals surface area contributed by atoms with Crippen LogP contribution in [0.2, 0.25) is 0 Å². The van der Waals surface area contributed by atoms with E-state index in [9.17, 15) is 13.2 Å². The fraction of sp³-hybridized carbons (Fsp3) is 0.611. The molecule has 6 nitrogen and oxygen atoms in total. The van der Waals surface area contributed by atoms with Crippen molar-refractivity contribution < 1.29 is 13.2 Å². The molecule has 1 atom stereocenters. The number of halogens is 1. The summed E-state index contributed by atoms with van der Waals surface area (Å²) in [5.41, 5.74) is 2.48. The molecule has 0 saturated carbocycles. The van der Waals surface area contributed by atoms with Gasteiger partial charge in [0.15, 0.2) is 0 Å². The number of benzene rings is 1. The average molecular weight is 404 g/mol. The van der Waals surface area contributed by atoms with Gasteiger partial charge in [0.1, 0.15) is 0 Å². The second-order valence-corrected chi connectivity index (χ2v) is 8.60. The van der Waals surface area contributed by atoms with E-state index in [4.69, 9.17) is 0 Å². The van der Waals surface area contributed by atoms with Crippen LogP contribution < -0.4 is 15.4 Å². The molecular formula is C18H30ClN3O3S. The van der Waals surface area contributed by atoms with Crippen molar-refractivity contribution in [2.75, 3.05) is 26.2 Å². The first kappa shape index (κ1) is 22.9. The molecule has 1 aliphatic rings. The second-order valence-electron chi connectivity index (χ2n) is 6.89. The molecule has 3 N–H and O–H groups in total. The molecule has 0 aliphatic carbocycles. The highest BCUT2D eigenvalue weighted by Crippen LogP contribution is 2.21. The van der Waals surface area contributed by atoms with E-state index in [0.29, 0.717) is 17.4 Å². The van der Waals surface area contributed by atoms with Gasteiger partial charge in [0.05, 0.1) is 4.90 Å². The number of sulfonamides is 1. The molecule has 1 fully saturated rings. The number of amides is 1. The van der Waals surface area contributed by atoms with E-state index in [2.05, 4.69) is 15.4 Å². The highest BCUT2D eigenvalue weighted by atomic mass is 35.5. The summed E-state index contributed by atoms with van der Waals surface area (Å²) < 4.78 is 27.6. The maximum absolute atomic E-state index is 12.5. The van der Waals surface area contributed by atoms with Crippen molar-refractivity contribution in [1.29, 1.82) is 0 Å². The molecule has 1 saturated heterocycles. The lowest BCUT2D eigenvalue weighted by atomic mass is 10.00. The van der Waals surface area contributed by atoms with Gasteiger partial charge >= 0.3 is 0 Å². The monoisotopic (exact) mass is 403 g/mol. The smallest absolute Gasteiger partial charge is 0.241 e. The summed E-state index contributed by atoms with van der Waals surface area (Å²) in [6, 6.07) is 3.71. The van der Waals surface area contributed by atoms with Crippen LogP contribution in [0.15, 0.2) is 17.0 Å². The predicted molar refractivity (Wildman–Crippen MR) is 106 cm³/mol. The zero-order valence-corrected chi connectivity index (χ0v) is 17.4. The molecule has 2 rings (SSSR count). The largest absolute Gasteiger partial charge is 0.356 e. The average Bonchev–Trinajstić information content (AvgIpc) is 2.52. The maximum atomic E-state index is 12.5. The van der Waals surface area contributed by atoms with Gasteiger partial charge in [-0.25, -0.2) is 13.1 Å². The molecule has 26 heavy (non-hydrogen) atoms. The summed E-state index contributed by atoms with van der Waals surface area (Å²) in [4.78, 5) is 12.2. The van der Waals surface area contributed by atoms with Crippen LogP contribution in [0.25, 0.3) is 0 Å². The van der Waals surface area contributed by atoms with E-state index in [0.717, 1.165) is 42.6 Å². The molecule has 8 heteroatoms. The van der Waals surface area contributed by atoms with Gasteiger partial charge in [-0.15, -0.1) is 12.4 Å². The van der Waals surface area contributed by atoms with Gasteiger partial charge in [-0.1, -0.05) is 17.7 Å². The Hall–Kier alpha value is -1.15. The Morgan fingerprint density at radius 1 is 1.23 bits per heavy atom. The van der Waals surface area contributed by atoms with Crippen LogP contribution in [0, 0.1) is 26.7 Å². The third-order valence-electron chi connectivity index (χ3n) is 4.50. The minimum Gasteiger partial charge on any atom is -0.356 e. The topological polar surface area (TPSA) is 87.3 Å². The van der Waals surface area contributed by atoms with E-state index in [-0.39, 0.29) is 31.3 Å². The van der Waals surface area contributed by atoms with Crippen LogP contribution in [0.4, 0.5) is 0 Å². The molecule has 1 amide bonds. The Bertz CT molecular complexity index is 693. The molecule has 1 unspecified atom stereocenters. The Kier molecular flexibility index (Phi) is 9.03. The summed E-state index contributed by atoms with van der Waals surface area (Å²) >= 11 is 0. The SMILES string of the molecule is Cc1cc(C)c(S(=O)(=O)NCCC(=O)NCC2CCCNC2)c(C)c1.Cl. The fourth-order valence-corrected chi connectivity index (χ4v) is 4.89. The van der Waals surface area contributed by atoms with Gasteiger partial charge in [-0.3, -0.25) is 4.79 Å². The first-order valence-corrected chi connectivity index (χ1v) is 10.3. The Balaban J connectivity index is 0.00000338. The first-order chi connectivity index (χ1) is 11.8. The molecule has 0 spiro atoms. The molecule has 1 heterocycles. The summed E-state index contributed by atoms with van der Waals surface area (Å²) in [5.74, 6) is 0.345. The number of carbonyl (C=O) groups is 1. The van der Waals surface area contributed by atoms with Gasteiger partial charge in [0, 0.05) is 19.5 Å². The normalized spacial score (nSPS) is 17.4. The summed E-state index contributed by atoms with van der Waals surface area (Å²) in [6.07, 6.45) is 2.39. The number of aryl methyl sites for hydroxylation is 3. The minimum atomic E-state index is -3.61. The number of nitrogens with one attached hydrogen (secondary N) is 3. The fourth-order valence-electron chi connectivity index (χ4n) is 3.41. The van der Waals surface area contributed by atoms with Gasteiger partial charge in [0.25, 0.3) is 0 Å². The van der Waals surface area contributed by atoms with Crippen LogP contribution in [0.1, 0.15) is 36.0 Å². The number of rotatable bonds is 7. The van der Waals surface area contributed by atoms with Gasteiger partial charge < -0.3 is 10.6 Å². The van der Waals surface area contributed by atoms with Crippen LogP contribution >= 0.6 is 12.4 Å². The quantitative estimate of drug-likeness (QED) is 0.648. The Labute approximate surface area is 163 Å². The lowest BCUT2D eigenvalue weighted by Gasteiger charge is -2.22. The molecule has 1 aromatic rings. The van der Waals surface area contributed by atoms with Crippen LogP contribution in [0.5, 0.6) is 0 Å². The van der Waals surface area contributed by atoms with Crippen molar-refractivity contribution in [1.82, 2.24) is 15.4 Å². The summed E-state index contributed by atoms with van der Waals surface area (Å²) in [5, 5.41) is 6.21. The summed E-state index contributed by atoms with van der Waals surface area (Å²) in [6.45, 7) is 8.25. The predicted octanol–water partition coefficient (Wildman–Crippen LogP) is 1.82. The molecule has 1 aliphatic heterocycles. The molecule has 148 valence electrons. The summed E-state index contributed by atoms with van der Waals surface area (Å²) in [7, 11) is -3.61. The van der Waals surface area contributed by atoms with Crippen molar-refractivity contribution in [3.8, 4) is 0 Å². The third-order valence-corrected chi connectivity index (χ3v) is 6.27. The highest BCUT2D eigenvalue weighted by Gasteiger charge is 2.20. The van der Waals surface area contributed by atoms with Crippen LogP contribution in [0.3, 0.4) is 0 Å². The minimum absolute atomic E-state index is 0. The highest BCUT2D eigenvalue weighted by molar-refractivity contribution is 7.89. The van der Waals surface area contributed by atoms with Crippen molar-refractivity contribution in [3.63, 3.8) is 0 Å². The number of piperidine rings is 1. The molecular weight excluding hydrogens is 374 g/mol. The zero-order valence-electron chi connectivity index (χ0n) is 15.7.